The van der Waals surface area contributed by atoms with Crippen LogP contribution >= 0.6 is 11.8 Å². The smallest absolute Gasteiger partial charge is 0.294 e. The predicted octanol–water partition coefficient (Wildman–Crippen LogP) is 5.05. The number of hydrogen-bond acceptors (Lipinski definition) is 5. The molecule has 0 atom stereocenters. The number of thioether (sulfide) groups is 1. The standard InChI is InChI=1S/C24H19FN2O4S/c1-2-31-20-11-10-15(18-8-3-4-9-19(18)20)12-21-23(29)27(24(30)32-21)14-22(28)26-17-7-5-6-16(25)13-17/h3-13H,2,14H2,1H3,(H,26,28)/b21-12+. The van der Waals surface area contributed by atoms with Gasteiger partial charge in [0.2, 0.25) is 5.91 Å². The van der Waals surface area contributed by atoms with Crippen LogP contribution in [0, 0.1) is 5.82 Å². The van der Waals surface area contributed by atoms with E-state index < -0.39 is 29.4 Å². The maximum absolute atomic E-state index is 13.3. The summed E-state index contributed by atoms with van der Waals surface area (Å²) in [6.45, 7) is 1.98. The number of fused-ring (bicyclic) bond motifs is 1. The van der Waals surface area contributed by atoms with Crippen molar-refractivity contribution in [3.63, 3.8) is 0 Å². The van der Waals surface area contributed by atoms with Gasteiger partial charge >= 0.3 is 0 Å². The van der Waals surface area contributed by atoms with Crippen molar-refractivity contribution in [2.75, 3.05) is 18.5 Å². The minimum absolute atomic E-state index is 0.225. The number of rotatable bonds is 6. The van der Waals surface area contributed by atoms with E-state index in [2.05, 4.69) is 5.32 Å². The van der Waals surface area contributed by atoms with Crippen molar-refractivity contribution < 1.29 is 23.5 Å². The van der Waals surface area contributed by atoms with E-state index in [0.717, 1.165) is 44.8 Å². The van der Waals surface area contributed by atoms with Gasteiger partial charge in [-0.05, 0) is 60.0 Å². The zero-order chi connectivity index (χ0) is 22.7. The SMILES string of the molecule is CCOc1ccc(/C=C2/SC(=O)N(CC(=O)Nc3cccc(F)c3)C2=O)c2ccccc12. The molecule has 0 aliphatic carbocycles. The third-order valence-corrected chi connectivity index (χ3v) is 5.70. The molecule has 3 amide bonds. The first kappa shape index (κ1) is 21.6. The molecule has 1 aliphatic heterocycles. The Morgan fingerprint density at radius 2 is 1.88 bits per heavy atom. The molecule has 1 fully saturated rings. The molecule has 0 aromatic heterocycles. The lowest BCUT2D eigenvalue weighted by Gasteiger charge is -2.12. The van der Waals surface area contributed by atoms with Crippen molar-refractivity contribution in [2.24, 2.45) is 0 Å². The van der Waals surface area contributed by atoms with Crippen LogP contribution < -0.4 is 10.1 Å². The molecule has 3 aromatic rings. The number of carbonyl (C=O) groups excluding carboxylic acids is 3. The Bertz CT molecular complexity index is 1260. The van der Waals surface area contributed by atoms with Crippen LogP contribution in [0.2, 0.25) is 0 Å². The summed E-state index contributed by atoms with van der Waals surface area (Å²) in [6.07, 6.45) is 1.65. The normalized spacial score (nSPS) is 14.9. The first-order valence-electron chi connectivity index (χ1n) is 9.91. The second-order valence-corrected chi connectivity index (χ2v) is 7.95. The fourth-order valence-electron chi connectivity index (χ4n) is 3.39. The van der Waals surface area contributed by atoms with Crippen LogP contribution in [0.5, 0.6) is 5.75 Å². The van der Waals surface area contributed by atoms with Gasteiger partial charge < -0.3 is 10.1 Å². The van der Waals surface area contributed by atoms with Crippen LogP contribution in [0.15, 0.2) is 65.6 Å². The molecule has 1 heterocycles. The van der Waals surface area contributed by atoms with Crippen LogP contribution in [0.3, 0.4) is 0 Å². The number of ether oxygens (including phenoxy) is 1. The number of nitrogens with zero attached hydrogens (tertiary/aromatic N) is 1. The van der Waals surface area contributed by atoms with Crippen LogP contribution in [0.25, 0.3) is 16.8 Å². The van der Waals surface area contributed by atoms with E-state index in [-0.39, 0.29) is 10.6 Å². The van der Waals surface area contributed by atoms with E-state index >= 15 is 0 Å². The third kappa shape index (κ3) is 4.50. The molecule has 4 rings (SSSR count). The second-order valence-electron chi connectivity index (χ2n) is 6.96. The molecule has 3 aromatic carbocycles. The second kappa shape index (κ2) is 9.23. The van der Waals surface area contributed by atoms with Crippen molar-refractivity contribution in [1.82, 2.24) is 4.90 Å². The number of carbonyl (C=O) groups is 3. The van der Waals surface area contributed by atoms with Crippen LogP contribution in [0.4, 0.5) is 14.9 Å². The Balaban J connectivity index is 1.55. The summed E-state index contributed by atoms with van der Waals surface area (Å²) in [5, 5.41) is 3.74. The largest absolute Gasteiger partial charge is 0.493 e. The number of halogens is 1. The van der Waals surface area contributed by atoms with Crippen molar-refractivity contribution in [3.8, 4) is 5.75 Å². The fourth-order valence-corrected chi connectivity index (χ4v) is 4.22. The molecule has 32 heavy (non-hydrogen) atoms. The van der Waals surface area contributed by atoms with Gasteiger partial charge in [0.1, 0.15) is 18.1 Å². The highest BCUT2D eigenvalue weighted by Gasteiger charge is 2.36. The number of imide groups is 1. The lowest BCUT2D eigenvalue weighted by atomic mass is 10.0. The highest BCUT2D eigenvalue weighted by Crippen LogP contribution is 2.35. The lowest BCUT2D eigenvalue weighted by molar-refractivity contribution is -0.127. The molecule has 8 heteroatoms. The molecule has 1 N–H and O–H groups in total. The molecule has 0 radical (unpaired) electrons. The summed E-state index contributed by atoms with van der Waals surface area (Å²) in [5.74, 6) is -0.903. The first-order chi connectivity index (χ1) is 15.5. The first-order valence-corrected chi connectivity index (χ1v) is 10.7. The average Bonchev–Trinajstić information content (AvgIpc) is 3.03. The summed E-state index contributed by atoms with van der Waals surface area (Å²) in [7, 11) is 0. The van der Waals surface area contributed by atoms with E-state index in [4.69, 9.17) is 4.74 Å². The van der Waals surface area contributed by atoms with Gasteiger partial charge in [-0.3, -0.25) is 19.3 Å². The van der Waals surface area contributed by atoms with E-state index in [1.807, 2.05) is 43.3 Å². The molecule has 0 unspecified atom stereocenters. The van der Waals surface area contributed by atoms with E-state index in [1.54, 1.807) is 6.08 Å². The third-order valence-electron chi connectivity index (χ3n) is 4.79. The van der Waals surface area contributed by atoms with Crippen LogP contribution in [-0.4, -0.2) is 35.1 Å². The maximum Gasteiger partial charge on any atom is 0.294 e. The quantitative estimate of drug-likeness (QED) is 0.532. The summed E-state index contributed by atoms with van der Waals surface area (Å²) in [6, 6.07) is 16.7. The van der Waals surface area contributed by atoms with E-state index in [1.165, 1.54) is 18.2 Å². The highest BCUT2D eigenvalue weighted by molar-refractivity contribution is 8.18. The Labute approximate surface area is 188 Å². The topological polar surface area (TPSA) is 75.7 Å². The molecule has 0 spiro atoms. The van der Waals surface area contributed by atoms with Gasteiger partial charge in [-0.2, -0.15) is 0 Å². The number of benzene rings is 3. The van der Waals surface area contributed by atoms with Crippen LogP contribution in [-0.2, 0) is 9.59 Å². The molecule has 162 valence electrons. The Morgan fingerprint density at radius 1 is 1.09 bits per heavy atom. The molecular weight excluding hydrogens is 431 g/mol. The summed E-state index contributed by atoms with van der Waals surface area (Å²) < 4.78 is 19.0. The Kier molecular flexibility index (Phi) is 6.23. The van der Waals surface area contributed by atoms with Crippen molar-refractivity contribution in [3.05, 3.63) is 76.9 Å². The minimum atomic E-state index is -0.592. The van der Waals surface area contributed by atoms with Crippen molar-refractivity contribution in [2.45, 2.75) is 6.92 Å². The predicted molar refractivity (Wildman–Crippen MR) is 123 cm³/mol. The lowest BCUT2D eigenvalue weighted by Crippen LogP contribution is -2.36. The summed E-state index contributed by atoms with van der Waals surface area (Å²) in [4.78, 5) is 38.6. The van der Waals surface area contributed by atoms with Gasteiger partial charge in [0.15, 0.2) is 0 Å². The Morgan fingerprint density at radius 3 is 2.62 bits per heavy atom. The molecule has 0 bridgehead atoms. The number of anilines is 1. The number of hydrogen-bond donors (Lipinski definition) is 1. The molecule has 0 saturated carbocycles. The van der Waals surface area contributed by atoms with Crippen molar-refractivity contribution in [1.29, 1.82) is 0 Å². The molecular formula is C24H19FN2O4S. The zero-order valence-corrected chi connectivity index (χ0v) is 17.9. The zero-order valence-electron chi connectivity index (χ0n) is 17.1. The molecule has 6 nitrogen and oxygen atoms in total. The highest BCUT2D eigenvalue weighted by atomic mass is 32.2. The van der Waals surface area contributed by atoms with Gasteiger partial charge in [-0.15, -0.1) is 0 Å². The molecule has 1 saturated heterocycles. The van der Waals surface area contributed by atoms with E-state index in [9.17, 15) is 18.8 Å². The number of amides is 3. The maximum atomic E-state index is 13.3. The van der Waals surface area contributed by atoms with Gasteiger partial charge in [-0.1, -0.05) is 36.4 Å². The molecule has 1 aliphatic rings. The monoisotopic (exact) mass is 450 g/mol. The van der Waals surface area contributed by atoms with Gasteiger partial charge in [0.25, 0.3) is 11.1 Å². The van der Waals surface area contributed by atoms with Crippen molar-refractivity contribution >= 4 is 51.4 Å². The fraction of sp³-hybridized carbons (Fsp3) is 0.125. The van der Waals surface area contributed by atoms with Crippen LogP contribution in [0.1, 0.15) is 12.5 Å². The van der Waals surface area contributed by atoms with E-state index in [0.29, 0.717) is 6.61 Å². The van der Waals surface area contributed by atoms with Gasteiger partial charge in [-0.25, -0.2) is 4.39 Å². The Hall–Kier alpha value is -3.65. The van der Waals surface area contributed by atoms with Gasteiger partial charge in [0, 0.05) is 11.1 Å². The summed E-state index contributed by atoms with van der Waals surface area (Å²) in [5.41, 5.74) is 1.01. The minimum Gasteiger partial charge on any atom is -0.493 e. The number of nitrogens with one attached hydrogen (secondary N) is 1. The summed E-state index contributed by atoms with van der Waals surface area (Å²) >= 11 is 0.778. The van der Waals surface area contributed by atoms with Gasteiger partial charge in [0.05, 0.1) is 11.5 Å². The average molecular weight is 450 g/mol.